The van der Waals surface area contributed by atoms with Crippen LogP contribution in [-0.2, 0) is 19.3 Å². The summed E-state index contributed by atoms with van der Waals surface area (Å²) < 4.78 is 6.62. The second-order valence-corrected chi connectivity index (χ2v) is 7.40. The minimum absolute atomic E-state index is 0.00512. The highest BCUT2D eigenvalue weighted by Gasteiger charge is 2.23. The lowest BCUT2D eigenvalue weighted by Gasteiger charge is -2.16. The molecular weight excluding hydrogens is 418 g/mol. The molecule has 1 heterocycles. The van der Waals surface area contributed by atoms with Crippen molar-refractivity contribution in [2.75, 3.05) is 5.32 Å². The van der Waals surface area contributed by atoms with Crippen LogP contribution < -0.4 is 10.7 Å². The molecule has 0 unspecified atom stereocenters. The van der Waals surface area contributed by atoms with Crippen molar-refractivity contribution in [1.82, 2.24) is 0 Å². The zero-order valence-electron chi connectivity index (χ0n) is 15.5. The molecular formula is C20H23BrClNO3. The van der Waals surface area contributed by atoms with Gasteiger partial charge >= 0.3 is 0 Å². The minimum Gasteiger partial charge on any atom is -0.464 e. The number of carbonyl (C=O) groups is 1. The Hall–Kier alpha value is -1.59. The average Bonchev–Trinajstić information content (AvgIpc) is 2.61. The first-order chi connectivity index (χ1) is 12.3. The van der Waals surface area contributed by atoms with Crippen LogP contribution in [0.25, 0.3) is 0 Å². The highest BCUT2D eigenvalue weighted by Crippen LogP contribution is 2.28. The average molecular weight is 441 g/mol. The molecule has 1 amide bonds. The number of benzene rings is 1. The summed E-state index contributed by atoms with van der Waals surface area (Å²) in [4.78, 5) is 25.6. The van der Waals surface area contributed by atoms with Gasteiger partial charge in [0.2, 0.25) is 5.43 Å². The van der Waals surface area contributed by atoms with Gasteiger partial charge in [0.05, 0.1) is 0 Å². The zero-order chi connectivity index (χ0) is 19.4. The lowest BCUT2D eigenvalue weighted by atomic mass is 10.0. The van der Waals surface area contributed by atoms with E-state index in [1.165, 1.54) is 0 Å². The largest absolute Gasteiger partial charge is 0.464 e. The summed E-state index contributed by atoms with van der Waals surface area (Å²) in [6.07, 6.45) is 2.76. The first-order valence-corrected chi connectivity index (χ1v) is 9.95. The molecule has 0 aliphatic rings. The number of carbonyl (C=O) groups excluding carboxylic acids is 1. The van der Waals surface area contributed by atoms with Gasteiger partial charge < -0.3 is 9.73 Å². The van der Waals surface area contributed by atoms with Crippen molar-refractivity contribution in [3.63, 3.8) is 0 Å². The summed E-state index contributed by atoms with van der Waals surface area (Å²) in [7, 11) is 0. The maximum atomic E-state index is 13.0. The highest BCUT2D eigenvalue weighted by atomic mass is 79.9. The second-order valence-electron chi connectivity index (χ2n) is 6.11. The molecule has 0 aliphatic carbocycles. The Labute approximate surface area is 167 Å². The van der Waals surface area contributed by atoms with E-state index in [-0.39, 0.29) is 10.6 Å². The van der Waals surface area contributed by atoms with E-state index < -0.39 is 11.3 Å². The van der Waals surface area contributed by atoms with Gasteiger partial charge in [-0.05, 0) is 49.4 Å². The molecule has 6 heteroatoms. The molecule has 1 N–H and O–H groups in total. The summed E-state index contributed by atoms with van der Waals surface area (Å²) >= 11 is 9.55. The lowest BCUT2D eigenvalue weighted by Crippen LogP contribution is -2.25. The topological polar surface area (TPSA) is 59.3 Å². The van der Waals surface area contributed by atoms with E-state index in [0.717, 1.165) is 40.5 Å². The molecule has 0 aliphatic heterocycles. The van der Waals surface area contributed by atoms with Gasteiger partial charge in [-0.3, -0.25) is 9.59 Å². The minimum atomic E-state index is -0.482. The first-order valence-electron chi connectivity index (χ1n) is 8.78. The van der Waals surface area contributed by atoms with Crippen molar-refractivity contribution in [3.8, 4) is 0 Å². The molecule has 1 aromatic heterocycles. The van der Waals surface area contributed by atoms with Crippen LogP contribution in [0.5, 0.6) is 0 Å². The fourth-order valence-electron chi connectivity index (χ4n) is 2.93. The fourth-order valence-corrected chi connectivity index (χ4v) is 3.61. The monoisotopic (exact) mass is 439 g/mol. The van der Waals surface area contributed by atoms with Crippen LogP contribution >= 0.6 is 27.5 Å². The maximum Gasteiger partial charge on any atom is 0.263 e. The van der Waals surface area contributed by atoms with Crippen molar-refractivity contribution >= 4 is 39.1 Å². The highest BCUT2D eigenvalue weighted by molar-refractivity contribution is 9.10. The van der Waals surface area contributed by atoms with E-state index in [0.29, 0.717) is 17.9 Å². The van der Waals surface area contributed by atoms with Crippen molar-refractivity contribution in [1.29, 1.82) is 0 Å². The molecule has 0 saturated carbocycles. The summed E-state index contributed by atoms with van der Waals surface area (Å²) in [5.41, 5.74) is 2.27. The van der Waals surface area contributed by atoms with E-state index in [2.05, 4.69) is 21.2 Å². The molecule has 1 aromatic carbocycles. The predicted octanol–water partition coefficient (Wildman–Crippen LogP) is 5.69. The zero-order valence-corrected chi connectivity index (χ0v) is 17.8. The van der Waals surface area contributed by atoms with Crippen molar-refractivity contribution < 1.29 is 9.21 Å². The van der Waals surface area contributed by atoms with Gasteiger partial charge in [0.15, 0.2) is 0 Å². The van der Waals surface area contributed by atoms with E-state index in [9.17, 15) is 9.59 Å². The predicted molar refractivity (Wildman–Crippen MR) is 110 cm³/mol. The summed E-state index contributed by atoms with van der Waals surface area (Å²) in [6, 6.07) is 3.96. The number of anilines is 1. The van der Waals surface area contributed by atoms with Crippen LogP contribution in [0.1, 0.15) is 60.2 Å². The maximum absolute atomic E-state index is 13.0. The Kier molecular flexibility index (Phi) is 7.07. The number of amides is 1. The van der Waals surface area contributed by atoms with Crippen LogP contribution in [-0.4, -0.2) is 5.91 Å². The van der Waals surface area contributed by atoms with Crippen LogP contribution in [0.15, 0.2) is 25.8 Å². The van der Waals surface area contributed by atoms with Crippen LogP contribution in [0.3, 0.4) is 0 Å². The first kappa shape index (κ1) is 20.7. The lowest BCUT2D eigenvalue weighted by molar-refractivity contribution is 0.102. The van der Waals surface area contributed by atoms with Crippen LogP contribution in [0, 0.1) is 6.92 Å². The summed E-state index contributed by atoms with van der Waals surface area (Å²) in [5.74, 6) is 0.240. The fraction of sp³-hybridized carbons (Fsp3) is 0.400. The number of hydrogen-bond donors (Lipinski definition) is 1. The van der Waals surface area contributed by atoms with Crippen molar-refractivity contribution in [2.45, 2.75) is 53.4 Å². The Balaban J connectivity index is 2.56. The smallest absolute Gasteiger partial charge is 0.263 e. The van der Waals surface area contributed by atoms with E-state index in [4.69, 9.17) is 16.0 Å². The molecule has 0 bridgehead atoms. The summed E-state index contributed by atoms with van der Waals surface area (Å²) in [6.45, 7) is 7.64. The Bertz CT molecular complexity index is 864. The second kappa shape index (κ2) is 8.87. The normalized spacial score (nSPS) is 10.8. The molecule has 0 saturated heterocycles. The Morgan fingerprint density at radius 3 is 2.27 bits per heavy atom. The number of rotatable bonds is 6. The van der Waals surface area contributed by atoms with Crippen LogP contribution in [0.4, 0.5) is 5.69 Å². The standard InChI is InChI=1S/C20H23BrClNO3/c1-5-8-15-16(19(24)17(22)11(4)26-15)20(25)23-18-12(6-2)9-14(21)10-13(18)7-3/h9-10H,5-8H2,1-4H3,(H,23,25). The van der Waals surface area contributed by atoms with Gasteiger partial charge in [-0.15, -0.1) is 0 Å². The quantitative estimate of drug-likeness (QED) is 0.627. The van der Waals surface area contributed by atoms with Gasteiger partial charge in [-0.25, -0.2) is 0 Å². The molecule has 0 atom stereocenters. The molecule has 0 spiro atoms. The third-order valence-electron chi connectivity index (χ3n) is 4.26. The van der Waals surface area contributed by atoms with E-state index >= 15 is 0 Å². The third-order valence-corrected chi connectivity index (χ3v) is 5.16. The number of nitrogens with one attached hydrogen (secondary N) is 1. The van der Waals surface area contributed by atoms with E-state index in [1.807, 2.05) is 32.9 Å². The molecule has 140 valence electrons. The third kappa shape index (κ3) is 4.21. The van der Waals surface area contributed by atoms with Crippen molar-refractivity contribution in [3.05, 3.63) is 60.1 Å². The SMILES string of the molecule is CCCc1oc(C)c(Cl)c(=O)c1C(=O)Nc1c(CC)cc(Br)cc1CC. The van der Waals surface area contributed by atoms with E-state index in [1.54, 1.807) is 6.92 Å². The molecule has 2 rings (SSSR count). The number of halogens is 2. The van der Waals surface area contributed by atoms with Gasteiger partial charge in [0.25, 0.3) is 5.91 Å². The van der Waals surface area contributed by atoms with Gasteiger partial charge in [-0.1, -0.05) is 48.3 Å². The van der Waals surface area contributed by atoms with Crippen LogP contribution in [0.2, 0.25) is 5.02 Å². The molecule has 26 heavy (non-hydrogen) atoms. The number of aryl methyl sites for hydroxylation is 4. The molecule has 0 fully saturated rings. The van der Waals surface area contributed by atoms with Crippen molar-refractivity contribution in [2.24, 2.45) is 0 Å². The van der Waals surface area contributed by atoms with Gasteiger partial charge in [0.1, 0.15) is 22.1 Å². The Morgan fingerprint density at radius 2 is 1.77 bits per heavy atom. The summed E-state index contributed by atoms with van der Waals surface area (Å²) in [5, 5.41) is 2.89. The molecule has 0 radical (unpaired) electrons. The number of hydrogen-bond acceptors (Lipinski definition) is 3. The van der Waals surface area contributed by atoms with Gasteiger partial charge in [0, 0.05) is 16.6 Å². The van der Waals surface area contributed by atoms with Gasteiger partial charge in [-0.2, -0.15) is 0 Å². The Morgan fingerprint density at radius 1 is 1.19 bits per heavy atom. The molecule has 2 aromatic rings. The molecule has 4 nitrogen and oxygen atoms in total.